The average molecular weight is 309 g/mol. The van der Waals surface area contributed by atoms with Gasteiger partial charge >= 0.3 is 0 Å². The van der Waals surface area contributed by atoms with Gasteiger partial charge in [-0.25, -0.2) is 4.98 Å². The quantitative estimate of drug-likeness (QED) is 0.908. The summed E-state index contributed by atoms with van der Waals surface area (Å²) in [5.74, 6) is 0.998. The summed E-state index contributed by atoms with van der Waals surface area (Å²) in [7, 11) is 1.73. The van der Waals surface area contributed by atoms with Gasteiger partial charge in [0.05, 0.1) is 22.3 Å². The van der Waals surface area contributed by atoms with Crippen LogP contribution < -0.4 is 10.6 Å². The number of hydrogen-bond acceptors (Lipinski definition) is 5. The van der Waals surface area contributed by atoms with Gasteiger partial charge in [-0.15, -0.1) is 0 Å². The number of aromatic nitrogens is 2. The van der Waals surface area contributed by atoms with E-state index in [1.54, 1.807) is 13.1 Å². The molecule has 1 unspecified atom stereocenters. The first-order chi connectivity index (χ1) is 9.93. The molecule has 0 fully saturated rings. The Morgan fingerprint density at radius 1 is 1.43 bits per heavy atom. The van der Waals surface area contributed by atoms with Gasteiger partial charge in [-0.3, -0.25) is 4.79 Å². The highest BCUT2D eigenvalue weighted by atomic mass is 35.5. The highest BCUT2D eigenvalue weighted by Gasteiger charge is 2.20. The van der Waals surface area contributed by atoms with Gasteiger partial charge in [0.1, 0.15) is 11.6 Å². The van der Waals surface area contributed by atoms with E-state index in [1.807, 2.05) is 20.8 Å². The highest BCUT2D eigenvalue weighted by molar-refractivity contribution is 6.33. The Morgan fingerprint density at radius 2 is 2.14 bits per heavy atom. The molecule has 2 heterocycles. The smallest absolute Gasteiger partial charge is 0.253 e. The number of halogens is 1. The minimum Gasteiger partial charge on any atom is -0.373 e. The number of anilines is 1. The largest absolute Gasteiger partial charge is 0.373 e. The van der Waals surface area contributed by atoms with E-state index in [4.69, 9.17) is 16.1 Å². The fraction of sp³-hybridized carbons (Fsp3) is 0.357. The molecule has 0 bridgehead atoms. The van der Waals surface area contributed by atoms with Crippen LogP contribution in [-0.2, 0) is 0 Å². The van der Waals surface area contributed by atoms with Crippen molar-refractivity contribution >= 4 is 23.3 Å². The molecule has 0 saturated carbocycles. The minimum atomic E-state index is -0.272. The standard InChI is InChI=1S/C14H17ClN4O2/c1-7(13-8(2)19-21-9(13)3)18-14(20)10-5-12(16-4)17-6-11(10)15/h5-7H,1-4H3,(H,16,17)(H,18,20). The number of pyridine rings is 1. The average Bonchev–Trinajstić information content (AvgIpc) is 2.78. The van der Waals surface area contributed by atoms with E-state index in [-0.39, 0.29) is 11.9 Å². The normalized spacial score (nSPS) is 12.0. The van der Waals surface area contributed by atoms with Crippen LogP contribution in [0.4, 0.5) is 5.82 Å². The fourth-order valence-corrected chi connectivity index (χ4v) is 2.39. The van der Waals surface area contributed by atoms with Crippen molar-refractivity contribution in [3.8, 4) is 0 Å². The lowest BCUT2D eigenvalue weighted by Crippen LogP contribution is -2.27. The molecule has 0 aliphatic rings. The van der Waals surface area contributed by atoms with Gasteiger partial charge in [0.2, 0.25) is 0 Å². The molecule has 0 spiro atoms. The van der Waals surface area contributed by atoms with E-state index in [9.17, 15) is 4.79 Å². The zero-order valence-corrected chi connectivity index (χ0v) is 13.1. The van der Waals surface area contributed by atoms with Gasteiger partial charge in [-0.1, -0.05) is 16.8 Å². The molecule has 0 aliphatic carbocycles. The van der Waals surface area contributed by atoms with Crippen molar-refractivity contribution in [1.29, 1.82) is 0 Å². The third-order valence-corrected chi connectivity index (χ3v) is 3.53. The Kier molecular flexibility index (Phi) is 4.47. The van der Waals surface area contributed by atoms with Gasteiger partial charge in [-0.2, -0.15) is 0 Å². The summed E-state index contributed by atoms with van der Waals surface area (Å²) >= 11 is 6.04. The molecule has 2 rings (SSSR count). The van der Waals surface area contributed by atoms with E-state index in [1.165, 1.54) is 6.20 Å². The lowest BCUT2D eigenvalue weighted by Gasteiger charge is -2.14. The highest BCUT2D eigenvalue weighted by Crippen LogP contribution is 2.23. The molecule has 2 aromatic heterocycles. The fourth-order valence-electron chi connectivity index (χ4n) is 2.20. The number of nitrogens with one attached hydrogen (secondary N) is 2. The van der Waals surface area contributed by atoms with Crippen LogP contribution in [0.3, 0.4) is 0 Å². The summed E-state index contributed by atoms with van der Waals surface area (Å²) in [4.78, 5) is 16.4. The molecule has 112 valence electrons. The number of rotatable bonds is 4. The molecular weight excluding hydrogens is 292 g/mol. The second kappa shape index (κ2) is 6.13. The van der Waals surface area contributed by atoms with Gasteiger partial charge in [0, 0.05) is 18.8 Å². The van der Waals surface area contributed by atoms with E-state index < -0.39 is 0 Å². The predicted octanol–water partition coefficient (Wildman–Crippen LogP) is 2.87. The molecule has 21 heavy (non-hydrogen) atoms. The number of nitrogens with zero attached hydrogens (tertiary/aromatic N) is 2. The lowest BCUT2D eigenvalue weighted by atomic mass is 10.1. The van der Waals surface area contributed by atoms with Crippen LogP contribution in [0.2, 0.25) is 5.02 Å². The first-order valence-electron chi connectivity index (χ1n) is 6.51. The van der Waals surface area contributed by atoms with Crippen molar-refractivity contribution in [2.45, 2.75) is 26.8 Å². The molecular formula is C14H17ClN4O2. The van der Waals surface area contributed by atoms with Crippen LogP contribution in [0, 0.1) is 13.8 Å². The van der Waals surface area contributed by atoms with Crippen molar-refractivity contribution in [2.75, 3.05) is 12.4 Å². The summed E-state index contributed by atoms with van der Waals surface area (Å²) in [5.41, 5.74) is 2.01. The first-order valence-corrected chi connectivity index (χ1v) is 6.88. The van der Waals surface area contributed by atoms with Gasteiger partial charge in [0.15, 0.2) is 0 Å². The molecule has 0 aromatic carbocycles. The zero-order chi connectivity index (χ0) is 15.6. The van der Waals surface area contributed by atoms with Crippen LogP contribution in [0.5, 0.6) is 0 Å². The van der Waals surface area contributed by atoms with Gasteiger partial charge in [-0.05, 0) is 26.8 Å². The summed E-state index contributed by atoms with van der Waals surface area (Å²) in [5, 5.41) is 9.96. The van der Waals surface area contributed by atoms with Crippen molar-refractivity contribution < 1.29 is 9.32 Å². The molecule has 2 aromatic rings. The number of aryl methyl sites for hydroxylation is 2. The monoisotopic (exact) mass is 308 g/mol. The molecule has 7 heteroatoms. The van der Waals surface area contributed by atoms with Crippen molar-refractivity contribution in [2.24, 2.45) is 0 Å². The topological polar surface area (TPSA) is 80.0 Å². The molecule has 2 N–H and O–H groups in total. The summed E-state index contributed by atoms with van der Waals surface area (Å²) in [6.07, 6.45) is 1.45. The molecule has 0 radical (unpaired) electrons. The Morgan fingerprint density at radius 3 is 2.71 bits per heavy atom. The Hall–Kier alpha value is -2.08. The SMILES string of the molecule is CNc1cc(C(=O)NC(C)c2c(C)noc2C)c(Cl)cn1. The zero-order valence-electron chi connectivity index (χ0n) is 12.3. The van der Waals surface area contributed by atoms with E-state index in [0.717, 1.165) is 11.3 Å². The first kappa shape index (κ1) is 15.3. The molecule has 6 nitrogen and oxygen atoms in total. The van der Waals surface area contributed by atoms with Crippen LogP contribution in [0.25, 0.3) is 0 Å². The second-order valence-electron chi connectivity index (χ2n) is 4.73. The summed E-state index contributed by atoms with van der Waals surface area (Å²) < 4.78 is 5.12. The van der Waals surface area contributed by atoms with E-state index in [0.29, 0.717) is 22.2 Å². The van der Waals surface area contributed by atoms with Crippen LogP contribution in [0.1, 0.15) is 40.3 Å². The molecule has 0 aliphatic heterocycles. The van der Waals surface area contributed by atoms with Gasteiger partial charge in [0.25, 0.3) is 5.91 Å². The van der Waals surface area contributed by atoms with E-state index in [2.05, 4.69) is 20.8 Å². The molecule has 1 amide bonds. The third kappa shape index (κ3) is 3.16. The van der Waals surface area contributed by atoms with Crippen LogP contribution in [0.15, 0.2) is 16.8 Å². The lowest BCUT2D eigenvalue weighted by molar-refractivity contribution is 0.0940. The maximum absolute atomic E-state index is 12.4. The number of amides is 1. The maximum atomic E-state index is 12.4. The second-order valence-corrected chi connectivity index (χ2v) is 5.14. The van der Waals surface area contributed by atoms with E-state index >= 15 is 0 Å². The van der Waals surface area contributed by atoms with Crippen LogP contribution in [-0.4, -0.2) is 23.1 Å². The maximum Gasteiger partial charge on any atom is 0.253 e. The third-order valence-electron chi connectivity index (χ3n) is 3.23. The van der Waals surface area contributed by atoms with Crippen molar-refractivity contribution in [1.82, 2.24) is 15.5 Å². The predicted molar refractivity (Wildman–Crippen MR) is 80.7 cm³/mol. The number of hydrogen-bond donors (Lipinski definition) is 2. The van der Waals surface area contributed by atoms with Crippen LogP contribution >= 0.6 is 11.6 Å². The van der Waals surface area contributed by atoms with Crippen molar-refractivity contribution in [3.63, 3.8) is 0 Å². The Bertz CT molecular complexity index is 649. The minimum absolute atomic E-state index is 0.231. The summed E-state index contributed by atoms with van der Waals surface area (Å²) in [6, 6.07) is 1.38. The van der Waals surface area contributed by atoms with Gasteiger partial charge < -0.3 is 15.2 Å². The molecule has 1 atom stereocenters. The number of carbonyl (C=O) groups is 1. The number of carbonyl (C=O) groups excluding carboxylic acids is 1. The molecule has 0 saturated heterocycles. The van der Waals surface area contributed by atoms with Crippen molar-refractivity contribution in [3.05, 3.63) is 39.9 Å². The summed E-state index contributed by atoms with van der Waals surface area (Å²) in [6.45, 7) is 5.53. The Labute approximate surface area is 127 Å². The Balaban J connectivity index is 2.22.